The lowest BCUT2D eigenvalue weighted by Crippen LogP contribution is -2.14. The van der Waals surface area contributed by atoms with Crippen molar-refractivity contribution in [3.63, 3.8) is 0 Å². The normalized spacial score (nSPS) is 11.2. The van der Waals surface area contributed by atoms with Crippen molar-refractivity contribution < 1.29 is 31.7 Å². The quantitative estimate of drug-likeness (QED) is 0.111. The molecular formula is C30H28N2O7S. The minimum Gasteiger partial charge on any atom is -0.490 e. The van der Waals surface area contributed by atoms with E-state index in [1.165, 1.54) is 55.7 Å². The van der Waals surface area contributed by atoms with Gasteiger partial charge >= 0.3 is 16.1 Å². The first-order valence-corrected chi connectivity index (χ1v) is 13.6. The Bertz CT molecular complexity index is 1580. The van der Waals surface area contributed by atoms with E-state index < -0.39 is 22.0 Å². The van der Waals surface area contributed by atoms with Crippen molar-refractivity contribution in [2.24, 2.45) is 0 Å². The van der Waals surface area contributed by atoms with Gasteiger partial charge in [-0.25, -0.2) is 4.79 Å². The highest BCUT2D eigenvalue weighted by atomic mass is 32.2. The van der Waals surface area contributed by atoms with E-state index in [4.69, 9.17) is 8.92 Å². The number of allylic oxidation sites excluding steroid dienone is 1. The van der Waals surface area contributed by atoms with Gasteiger partial charge in [-0.1, -0.05) is 23.8 Å². The maximum Gasteiger partial charge on any atom is 0.339 e. The van der Waals surface area contributed by atoms with Crippen LogP contribution in [0.4, 0.5) is 5.69 Å². The second-order valence-electron chi connectivity index (χ2n) is 8.48. The highest BCUT2D eigenvalue weighted by molar-refractivity contribution is 7.87. The summed E-state index contributed by atoms with van der Waals surface area (Å²) in [5, 5.41) is 12.3. The van der Waals surface area contributed by atoms with Crippen LogP contribution in [0.5, 0.6) is 11.5 Å². The fraction of sp³-hybridized carbons (Fsp3) is 0.167. The van der Waals surface area contributed by atoms with E-state index >= 15 is 0 Å². The van der Waals surface area contributed by atoms with Crippen molar-refractivity contribution in [3.8, 4) is 17.6 Å². The second-order valence-corrected chi connectivity index (χ2v) is 10.0. The molecule has 0 radical (unpaired) electrons. The van der Waals surface area contributed by atoms with Gasteiger partial charge in [-0.05, 0) is 80.4 Å². The van der Waals surface area contributed by atoms with Crippen LogP contribution in [0, 0.1) is 18.3 Å². The molecule has 0 unspecified atom stereocenters. The van der Waals surface area contributed by atoms with Gasteiger partial charge in [0.05, 0.1) is 19.3 Å². The van der Waals surface area contributed by atoms with Crippen LogP contribution in [0.25, 0.3) is 6.08 Å². The van der Waals surface area contributed by atoms with Crippen molar-refractivity contribution in [2.45, 2.75) is 25.2 Å². The first-order chi connectivity index (χ1) is 19.1. The van der Waals surface area contributed by atoms with E-state index in [-0.39, 0.29) is 35.0 Å². The van der Waals surface area contributed by atoms with Gasteiger partial charge in [0.25, 0.3) is 5.91 Å². The molecule has 0 aliphatic rings. The van der Waals surface area contributed by atoms with Gasteiger partial charge in [0.15, 0.2) is 11.5 Å². The van der Waals surface area contributed by atoms with E-state index in [1.807, 2.05) is 13.0 Å². The summed E-state index contributed by atoms with van der Waals surface area (Å²) in [5.41, 5.74) is 2.19. The summed E-state index contributed by atoms with van der Waals surface area (Å²) in [6, 6.07) is 17.2. The Morgan fingerprint density at radius 3 is 2.33 bits per heavy atom. The Balaban J connectivity index is 1.97. The first-order valence-electron chi connectivity index (χ1n) is 12.1. The Hall–Kier alpha value is -4.88. The number of anilines is 1. The molecule has 0 fully saturated rings. The Kier molecular flexibility index (Phi) is 9.84. The van der Waals surface area contributed by atoms with Crippen molar-refractivity contribution in [3.05, 3.63) is 101 Å². The zero-order valence-electron chi connectivity index (χ0n) is 22.3. The Morgan fingerprint density at radius 2 is 1.75 bits per heavy atom. The number of nitriles is 1. The monoisotopic (exact) mass is 560 g/mol. The molecule has 9 nitrogen and oxygen atoms in total. The van der Waals surface area contributed by atoms with E-state index in [9.17, 15) is 23.3 Å². The molecule has 1 N–H and O–H groups in total. The summed E-state index contributed by atoms with van der Waals surface area (Å²) >= 11 is 0. The number of hydrogen-bond acceptors (Lipinski definition) is 8. The minimum absolute atomic E-state index is 0.00636. The average molecular weight is 561 g/mol. The summed E-state index contributed by atoms with van der Waals surface area (Å²) < 4.78 is 42.0. The topological polar surface area (TPSA) is 132 Å². The van der Waals surface area contributed by atoms with Crippen molar-refractivity contribution in [2.75, 3.05) is 19.0 Å². The maximum atomic E-state index is 13.0. The van der Waals surface area contributed by atoms with Crippen molar-refractivity contribution in [1.82, 2.24) is 0 Å². The van der Waals surface area contributed by atoms with E-state index in [2.05, 4.69) is 16.6 Å². The first kappa shape index (κ1) is 29.7. The van der Waals surface area contributed by atoms with Gasteiger partial charge in [-0.2, -0.15) is 13.7 Å². The van der Waals surface area contributed by atoms with Gasteiger partial charge in [-0.15, -0.1) is 6.58 Å². The molecule has 0 bridgehead atoms. The molecule has 0 atom stereocenters. The van der Waals surface area contributed by atoms with Crippen LogP contribution in [0.1, 0.15) is 34.0 Å². The second kappa shape index (κ2) is 13.3. The molecule has 0 heterocycles. The maximum absolute atomic E-state index is 13.0. The molecule has 0 spiro atoms. The van der Waals surface area contributed by atoms with Crippen LogP contribution < -0.4 is 14.2 Å². The number of carbonyl (C=O) groups excluding carboxylic acids is 2. The number of nitrogens with zero attached hydrogens (tertiary/aromatic N) is 1. The number of methoxy groups -OCH3 is 1. The Labute approximate surface area is 233 Å². The lowest BCUT2D eigenvalue weighted by Gasteiger charge is -2.16. The molecule has 0 aliphatic carbocycles. The predicted molar refractivity (Wildman–Crippen MR) is 151 cm³/mol. The van der Waals surface area contributed by atoms with Gasteiger partial charge in [0, 0.05) is 11.3 Å². The smallest absolute Gasteiger partial charge is 0.339 e. The lowest BCUT2D eigenvalue weighted by molar-refractivity contribution is -0.112. The zero-order chi connectivity index (χ0) is 29.3. The number of hydrogen-bond donors (Lipinski definition) is 1. The average Bonchev–Trinajstić information content (AvgIpc) is 2.93. The number of nitrogens with one attached hydrogen (secondary N) is 1. The molecule has 0 aliphatic heterocycles. The number of carbonyl (C=O) groups is 2. The number of amides is 1. The highest BCUT2D eigenvalue weighted by Crippen LogP contribution is 2.37. The molecule has 0 aromatic heterocycles. The summed E-state index contributed by atoms with van der Waals surface area (Å²) in [4.78, 5) is 24.4. The number of ether oxygens (including phenoxy) is 2. The molecule has 40 heavy (non-hydrogen) atoms. The fourth-order valence-corrected chi connectivity index (χ4v) is 4.59. The molecule has 1 amide bonds. The van der Waals surface area contributed by atoms with Crippen LogP contribution in [0.15, 0.2) is 83.8 Å². The van der Waals surface area contributed by atoms with Crippen LogP contribution >= 0.6 is 0 Å². The van der Waals surface area contributed by atoms with Gasteiger partial charge < -0.3 is 19.0 Å². The molecule has 0 saturated carbocycles. The third kappa shape index (κ3) is 7.36. The zero-order valence-corrected chi connectivity index (χ0v) is 23.1. The third-order valence-corrected chi connectivity index (χ3v) is 6.80. The number of aryl methyl sites for hydroxylation is 1. The molecular weight excluding hydrogens is 532 g/mol. The van der Waals surface area contributed by atoms with Crippen LogP contribution in [-0.2, 0) is 26.1 Å². The molecule has 3 aromatic carbocycles. The van der Waals surface area contributed by atoms with Crippen molar-refractivity contribution in [1.29, 1.82) is 5.26 Å². The van der Waals surface area contributed by atoms with E-state index in [0.29, 0.717) is 22.4 Å². The SMILES string of the molecule is C=CCc1cc(/C=C(\C#N)C(=O)Nc2ccc(C(=O)OC)cc2)cc(OCC)c1OS(=O)(=O)c1ccc(C)cc1. The minimum atomic E-state index is -4.19. The van der Waals surface area contributed by atoms with Crippen LogP contribution in [-0.4, -0.2) is 34.0 Å². The molecule has 0 saturated heterocycles. The van der Waals surface area contributed by atoms with E-state index in [0.717, 1.165) is 5.56 Å². The fourth-order valence-electron chi connectivity index (χ4n) is 3.62. The highest BCUT2D eigenvalue weighted by Gasteiger charge is 2.23. The molecule has 3 rings (SSSR count). The molecule has 206 valence electrons. The number of rotatable bonds is 11. The number of esters is 1. The van der Waals surface area contributed by atoms with E-state index in [1.54, 1.807) is 31.2 Å². The predicted octanol–water partition coefficient (Wildman–Crippen LogP) is 5.22. The largest absolute Gasteiger partial charge is 0.490 e. The summed E-state index contributed by atoms with van der Waals surface area (Å²) in [6.07, 6.45) is 3.15. The summed E-state index contributed by atoms with van der Waals surface area (Å²) in [7, 11) is -2.92. The number of benzene rings is 3. The van der Waals surface area contributed by atoms with Crippen LogP contribution in [0.2, 0.25) is 0 Å². The van der Waals surface area contributed by atoms with Gasteiger partial charge in [0.2, 0.25) is 0 Å². The standard InChI is InChI=1S/C30H28N2O7S/c1-5-7-23-16-21(17-24(19-31)29(33)32-25-12-10-22(11-13-25)30(34)37-4)18-27(38-6-2)28(23)39-40(35,36)26-14-8-20(3)9-15-26/h5,8-18H,1,6-7H2,2-4H3,(H,32,33)/b24-17+. The summed E-state index contributed by atoms with van der Waals surface area (Å²) in [5.74, 6) is -1.08. The van der Waals surface area contributed by atoms with Crippen LogP contribution in [0.3, 0.4) is 0 Å². The third-order valence-electron chi connectivity index (χ3n) is 5.56. The Morgan fingerprint density at radius 1 is 1.07 bits per heavy atom. The summed E-state index contributed by atoms with van der Waals surface area (Å²) in [6.45, 7) is 7.51. The molecule has 3 aromatic rings. The van der Waals surface area contributed by atoms with Crippen molar-refractivity contribution >= 4 is 33.8 Å². The molecule has 10 heteroatoms. The lowest BCUT2D eigenvalue weighted by atomic mass is 10.0. The van der Waals surface area contributed by atoms with Gasteiger partial charge in [0.1, 0.15) is 16.5 Å². The van der Waals surface area contributed by atoms with Gasteiger partial charge in [-0.3, -0.25) is 4.79 Å².